The van der Waals surface area contributed by atoms with Gasteiger partial charge in [0.05, 0.1) is 16.2 Å². The molecule has 12 heteroatoms. The van der Waals surface area contributed by atoms with Crippen molar-refractivity contribution in [3.8, 4) is 22.5 Å². The molecule has 0 bridgehead atoms. The van der Waals surface area contributed by atoms with Gasteiger partial charge in [0, 0.05) is 16.8 Å². The second-order valence-corrected chi connectivity index (χ2v) is 12.3. The highest BCUT2D eigenvalue weighted by Gasteiger charge is 2.34. The maximum atomic E-state index is 13.7. The van der Waals surface area contributed by atoms with Gasteiger partial charge in [-0.2, -0.15) is 18.4 Å². The van der Waals surface area contributed by atoms with Gasteiger partial charge in [0.2, 0.25) is 5.82 Å². The number of tetrazole rings is 1. The van der Waals surface area contributed by atoms with E-state index in [0.29, 0.717) is 5.56 Å². The summed E-state index contributed by atoms with van der Waals surface area (Å²) in [6, 6.07) is 13.8. The molecule has 0 unspecified atom stereocenters. The van der Waals surface area contributed by atoms with Crippen molar-refractivity contribution < 1.29 is 26.4 Å². The van der Waals surface area contributed by atoms with Gasteiger partial charge in [0.15, 0.2) is 9.84 Å². The van der Waals surface area contributed by atoms with Crippen LogP contribution in [0.2, 0.25) is 0 Å². The zero-order valence-electron chi connectivity index (χ0n) is 21.6. The molecule has 0 aliphatic carbocycles. The number of hydrogen-bond donors (Lipinski definition) is 2. The van der Waals surface area contributed by atoms with Gasteiger partial charge in [0.25, 0.3) is 5.91 Å². The smallest absolute Gasteiger partial charge is 0.322 e. The van der Waals surface area contributed by atoms with Crippen LogP contribution in [-0.2, 0) is 16.0 Å². The maximum absolute atomic E-state index is 13.7. The molecule has 39 heavy (non-hydrogen) atoms. The van der Waals surface area contributed by atoms with Crippen LogP contribution in [0.25, 0.3) is 22.5 Å². The molecule has 2 N–H and O–H groups in total. The molecule has 1 amide bonds. The first-order valence-corrected chi connectivity index (χ1v) is 13.5. The van der Waals surface area contributed by atoms with Crippen LogP contribution in [0.3, 0.4) is 0 Å². The van der Waals surface area contributed by atoms with Gasteiger partial charge in [-0.25, -0.2) is 8.42 Å². The lowest BCUT2D eigenvalue weighted by Crippen LogP contribution is -2.21. The fourth-order valence-electron chi connectivity index (χ4n) is 4.27. The van der Waals surface area contributed by atoms with Crippen LogP contribution in [0.1, 0.15) is 42.3 Å². The number of halogens is 3. The van der Waals surface area contributed by atoms with Gasteiger partial charge >= 0.3 is 6.18 Å². The number of rotatable bonds is 6. The highest BCUT2D eigenvalue weighted by Crippen LogP contribution is 2.40. The number of aryl methyl sites for hydroxylation is 1. The Bertz CT molecular complexity index is 1630. The number of H-pyrrole nitrogens is 1. The van der Waals surface area contributed by atoms with Crippen LogP contribution in [-0.4, -0.2) is 40.7 Å². The third-order valence-electron chi connectivity index (χ3n) is 5.78. The Morgan fingerprint density at radius 2 is 1.67 bits per heavy atom. The number of hydrogen-bond acceptors (Lipinski definition) is 6. The third kappa shape index (κ3) is 6.33. The minimum Gasteiger partial charge on any atom is -0.322 e. The first-order valence-electron chi connectivity index (χ1n) is 11.8. The molecule has 1 aromatic heterocycles. The Labute approximate surface area is 223 Å². The van der Waals surface area contributed by atoms with Crippen molar-refractivity contribution in [1.29, 1.82) is 0 Å². The molecule has 4 aromatic rings. The molecule has 0 fully saturated rings. The van der Waals surface area contributed by atoms with Crippen molar-refractivity contribution in [3.63, 3.8) is 0 Å². The average molecular weight is 558 g/mol. The number of nitrogens with one attached hydrogen (secondary N) is 2. The van der Waals surface area contributed by atoms with Crippen molar-refractivity contribution in [3.05, 3.63) is 77.4 Å². The van der Waals surface area contributed by atoms with Gasteiger partial charge in [0.1, 0.15) is 0 Å². The Hall–Kier alpha value is -4.06. The number of aromatic nitrogens is 4. The highest BCUT2D eigenvalue weighted by molar-refractivity contribution is 7.91. The molecule has 204 valence electrons. The average Bonchev–Trinajstić information content (AvgIpc) is 3.37. The summed E-state index contributed by atoms with van der Waals surface area (Å²) < 4.78 is 66.8. The molecule has 0 saturated heterocycles. The minimum absolute atomic E-state index is 0.0438. The molecule has 0 saturated carbocycles. The van der Waals surface area contributed by atoms with E-state index in [0.717, 1.165) is 6.07 Å². The Morgan fingerprint density at radius 1 is 0.949 bits per heavy atom. The molecule has 3 aromatic carbocycles. The van der Waals surface area contributed by atoms with Gasteiger partial charge in [-0.1, -0.05) is 45.0 Å². The van der Waals surface area contributed by atoms with Crippen LogP contribution in [0, 0.1) is 12.3 Å². The normalized spacial score (nSPS) is 12.4. The number of aromatic amines is 1. The number of sulfone groups is 1. The highest BCUT2D eigenvalue weighted by atomic mass is 32.2. The summed E-state index contributed by atoms with van der Waals surface area (Å²) in [5.41, 5.74) is -0.00764. The minimum atomic E-state index is -4.59. The number of benzene rings is 3. The number of anilines is 1. The largest absolute Gasteiger partial charge is 0.417 e. The number of carbonyl (C=O) groups excluding carboxylic acids is 1. The van der Waals surface area contributed by atoms with E-state index >= 15 is 0 Å². The van der Waals surface area contributed by atoms with Crippen LogP contribution in [0.5, 0.6) is 0 Å². The second kappa shape index (κ2) is 10.3. The van der Waals surface area contributed by atoms with Crippen molar-refractivity contribution in [2.75, 3.05) is 11.1 Å². The summed E-state index contributed by atoms with van der Waals surface area (Å²) in [4.78, 5) is 13.2. The summed E-state index contributed by atoms with van der Waals surface area (Å²) in [7, 11) is -3.56. The maximum Gasteiger partial charge on any atom is 0.417 e. The molecule has 0 aliphatic rings. The monoisotopic (exact) mass is 557 g/mol. The first-order chi connectivity index (χ1) is 18.2. The summed E-state index contributed by atoms with van der Waals surface area (Å²) in [6.45, 7) is 7.11. The van der Waals surface area contributed by atoms with Crippen LogP contribution < -0.4 is 5.32 Å². The zero-order valence-corrected chi connectivity index (χ0v) is 22.4. The Balaban J connectivity index is 1.68. The van der Waals surface area contributed by atoms with Crippen molar-refractivity contribution in [2.24, 2.45) is 5.41 Å². The quantitative estimate of drug-likeness (QED) is 0.303. The second-order valence-electron chi connectivity index (χ2n) is 10.3. The number of alkyl halides is 3. The molecule has 0 atom stereocenters. The van der Waals surface area contributed by atoms with Gasteiger partial charge in [-0.05, 0) is 70.6 Å². The molecular weight excluding hydrogens is 531 g/mol. The number of nitrogens with zero attached hydrogens (tertiary/aromatic N) is 3. The standard InChI is InChI=1S/C27H26F3N5O3S/c1-16-13-17(9-12-23(16)39(37,38)15-26(2,3)4)25(36)31-18-10-11-19(21(14-18)24-32-34-35-33-24)20-7-5-6-8-22(20)27(28,29)30/h5-14H,15H2,1-4H3,(H,31,36)(H,32,33,34,35). The number of carbonyl (C=O) groups is 1. The van der Waals surface area contributed by atoms with Gasteiger partial charge in [-0.3, -0.25) is 4.79 Å². The van der Waals surface area contributed by atoms with E-state index in [1.165, 1.54) is 54.6 Å². The molecule has 4 rings (SSSR count). The lowest BCUT2D eigenvalue weighted by molar-refractivity contribution is -0.137. The number of amides is 1. The predicted molar refractivity (Wildman–Crippen MR) is 141 cm³/mol. The summed E-state index contributed by atoms with van der Waals surface area (Å²) in [6.07, 6.45) is -4.59. The predicted octanol–water partition coefficient (Wildman–Crippen LogP) is 5.93. The Morgan fingerprint density at radius 3 is 2.28 bits per heavy atom. The molecular formula is C27H26F3N5O3S. The van der Waals surface area contributed by atoms with Crippen molar-refractivity contribution >= 4 is 21.4 Å². The van der Waals surface area contributed by atoms with Crippen LogP contribution in [0.15, 0.2) is 65.6 Å². The van der Waals surface area contributed by atoms with Gasteiger partial charge in [-0.15, -0.1) is 10.2 Å². The van der Waals surface area contributed by atoms with E-state index < -0.39 is 32.9 Å². The van der Waals surface area contributed by atoms with E-state index in [2.05, 4.69) is 25.9 Å². The molecule has 0 spiro atoms. The molecule has 0 aliphatic heterocycles. The third-order valence-corrected chi connectivity index (χ3v) is 8.16. The summed E-state index contributed by atoms with van der Waals surface area (Å²) >= 11 is 0. The first kappa shape index (κ1) is 28.0. The van der Waals surface area contributed by atoms with E-state index in [1.54, 1.807) is 6.92 Å². The lowest BCUT2D eigenvalue weighted by atomic mass is 9.94. The SMILES string of the molecule is Cc1cc(C(=O)Nc2ccc(-c3ccccc3C(F)(F)F)c(-c3nn[nH]n3)c2)ccc1S(=O)(=O)CC(C)(C)C. The molecule has 8 nitrogen and oxygen atoms in total. The molecule has 1 heterocycles. The van der Waals surface area contributed by atoms with Gasteiger partial charge < -0.3 is 5.32 Å². The van der Waals surface area contributed by atoms with Crippen LogP contribution >= 0.6 is 0 Å². The molecule has 0 radical (unpaired) electrons. The van der Waals surface area contributed by atoms with E-state index in [-0.39, 0.29) is 44.4 Å². The van der Waals surface area contributed by atoms with E-state index in [1.807, 2.05) is 20.8 Å². The zero-order chi connectivity index (χ0) is 28.6. The fourth-order valence-corrected chi connectivity index (χ4v) is 6.39. The Kier molecular flexibility index (Phi) is 7.35. The lowest BCUT2D eigenvalue weighted by Gasteiger charge is -2.19. The van der Waals surface area contributed by atoms with Crippen molar-refractivity contribution in [1.82, 2.24) is 20.6 Å². The van der Waals surface area contributed by atoms with E-state index in [9.17, 15) is 26.4 Å². The van der Waals surface area contributed by atoms with E-state index in [4.69, 9.17) is 0 Å². The topological polar surface area (TPSA) is 118 Å². The van der Waals surface area contributed by atoms with Crippen molar-refractivity contribution in [2.45, 2.75) is 38.8 Å². The summed E-state index contributed by atoms with van der Waals surface area (Å²) in [5, 5.41) is 16.3. The fraction of sp³-hybridized carbons (Fsp3) is 0.259. The van der Waals surface area contributed by atoms with Crippen LogP contribution in [0.4, 0.5) is 18.9 Å². The summed E-state index contributed by atoms with van der Waals surface area (Å²) in [5.74, 6) is -0.530.